The Labute approximate surface area is 266 Å². The van der Waals surface area contributed by atoms with Gasteiger partial charge in [0.05, 0.1) is 6.20 Å². The van der Waals surface area contributed by atoms with Gasteiger partial charge in [0.15, 0.2) is 0 Å². The second-order valence-electron chi connectivity index (χ2n) is 13.2. The summed E-state index contributed by atoms with van der Waals surface area (Å²) in [5, 5.41) is 4.23. The number of piperidine rings is 1. The van der Waals surface area contributed by atoms with Gasteiger partial charge < -0.3 is 19.3 Å². The predicted octanol–water partition coefficient (Wildman–Crippen LogP) is 4.77. The fraction of sp³-hybridized carbons (Fsp3) is 0.441. The molecule has 0 bridgehead atoms. The standard InChI is InChI=1S/C34H38FN5O6/c1-33(2,3)45-31(43)38-15-12-27(13-16-38)39(19-22-5-8-26(35)9-6-22)29(41)21-40-30(42)34(46-32(40)44)14-11-24-17-23(7-10-28(24)34)25-18-36-37(4)20-25/h5-10,17-18,20,27H,11-16,19,21H2,1-4H3. The van der Waals surface area contributed by atoms with Crippen LogP contribution >= 0.6 is 0 Å². The van der Waals surface area contributed by atoms with E-state index in [4.69, 9.17) is 9.47 Å². The van der Waals surface area contributed by atoms with Crippen LogP contribution in [-0.4, -0.2) is 79.8 Å². The molecule has 11 nitrogen and oxygen atoms in total. The van der Waals surface area contributed by atoms with Crippen LogP contribution in [0.3, 0.4) is 0 Å². The molecule has 2 fully saturated rings. The van der Waals surface area contributed by atoms with Gasteiger partial charge in [-0.3, -0.25) is 14.3 Å². The van der Waals surface area contributed by atoms with Crippen LogP contribution in [0.2, 0.25) is 0 Å². The molecular formula is C34H38FN5O6. The number of aromatic nitrogens is 2. The zero-order valence-electron chi connectivity index (χ0n) is 26.5. The van der Waals surface area contributed by atoms with Crippen molar-refractivity contribution >= 4 is 24.0 Å². The van der Waals surface area contributed by atoms with E-state index in [1.54, 1.807) is 53.6 Å². The number of hydrogen-bond acceptors (Lipinski definition) is 7. The third-order valence-electron chi connectivity index (χ3n) is 8.83. The van der Waals surface area contributed by atoms with Gasteiger partial charge in [0.2, 0.25) is 11.5 Å². The number of likely N-dealkylation sites (tertiary alicyclic amines) is 1. The summed E-state index contributed by atoms with van der Waals surface area (Å²) in [6.45, 7) is 5.82. The maximum Gasteiger partial charge on any atom is 0.418 e. The Morgan fingerprint density at radius 1 is 1.09 bits per heavy atom. The first-order valence-corrected chi connectivity index (χ1v) is 15.5. The molecule has 46 heavy (non-hydrogen) atoms. The number of carbonyl (C=O) groups excluding carboxylic acids is 4. The summed E-state index contributed by atoms with van der Waals surface area (Å²) in [5.74, 6) is -1.39. The molecule has 3 aromatic rings. The minimum absolute atomic E-state index is 0.151. The van der Waals surface area contributed by atoms with Gasteiger partial charge >= 0.3 is 12.2 Å². The van der Waals surface area contributed by atoms with E-state index < -0.39 is 47.6 Å². The SMILES string of the molecule is Cn1cc(-c2ccc3c(c2)CCC32OC(=O)N(CC(=O)N(Cc3ccc(F)cc3)C3CCN(C(=O)OC(C)(C)C)CC3)C2=O)cn1. The van der Waals surface area contributed by atoms with E-state index in [9.17, 15) is 23.6 Å². The fourth-order valence-corrected chi connectivity index (χ4v) is 6.52. The minimum atomic E-state index is -1.47. The molecule has 0 radical (unpaired) electrons. The average molecular weight is 632 g/mol. The number of nitrogens with zero attached hydrogens (tertiary/aromatic N) is 5. The first kappa shape index (κ1) is 31.3. The van der Waals surface area contributed by atoms with Gasteiger partial charge in [0.1, 0.15) is 18.0 Å². The van der Waals surface area contributed by atoms with Crippen LogP contribution in [0.5, 0.6) is 0 Å². The molecule has 2 aromatic carbocycles. The van der Waals surface area contributed by atoms with E-state index in [1.165, 1.54) is 12.1 Å². The van der Waals surface area contributed by atoms with Gasteiger partial charge in [0, 0.05) is 56.5 Å². The summed E-state index contributed by atoms with van der Waals surface area (Å²) in [5.41, 5.74) is 2.02. The van der Waals surface area contributed by atoms with Gasteiger partial charge in [-0.15, -0.1) is 0 Å². The number of amides is 4. The molecule has 12 heteroatoms. The minimum Gasteiger partial charge on any atom is -0.444 e. The fourth-order valence-electron chi connectivity index (χ4n) is 6.52. The van der Waals surface area contributed by atoms with E-state index in [2.05, 4.69) is 5.10 Å². The summed E-state index contributed by atoms with van der Waals surface area (Å²) in [6.07, 6.45) is 4.17. The van der Waals surface area contributed by atoms with Crippen LogP contribution in [0.4, 0.5) is 14.0 Å². The number of benzene rings is 2. The molecule has 0 N–H and O–H groups in total. The second kappa shape index (κ2) is 11.9. The summed E-state index contributed by atoms with van der Waals surface area (Å²) in [6, 6.07) is 11.3. The highest BCUT2D eigenvalue weighted by molar-refractivity contribution is 6.06. The van der Waals surface area contributed by atoms with Crippen LogP contribution in [0, 0.1) is 5.82 Å². The molecule has 0 saturated carbocycles. The van der Waals surface area contributed by atoms with E-state index in [-0.39, 0.29) is 19.0 Å². The zero-order chi connectivity index (χ0) is 32.8. The van der Waals surface area contributed by atoms with Crippen molar-refractivity contribution in [2.45, 2.75) is 70.2 Å². The lowest BCUT2D eigenvalue weighted by Crippen LogP contribution is -2.52. The first-order valence-electron chi connectivity index (χ1n) is 15.5. The maximum atomic E-state index is 14.0. The average Bonchev–Trinajstić information content (AvgIpc) is 3.68. The van der Waals surface area contributed by atoms with Crippen molar-refractivity contribution in [2.24, 2.45) is 7.05 Å². The molecule has 1 spiro atoms. The van der Waals surface area contributed by atoms with Gasteiger partial charge in [-0.25, -0.2) is 18.9 Å². The van der Waals surface area contributed by atoms with Crippen LogP contribution in [0.25, 0.3) is 11.1 Å². The third-order valence-corrected chi connectivity index (χ3v) is 8.83. The Bertz CT molecular complexity index is 1670. The Morgan fingerprint density at radius 3 is 2.46 bits per heavy atom. The molecule has 3 aliphatic rings. The summed E-state index contributed by atoms with van der Waals surface area (Å²) < 4.78 is 26.7. The van der Waals surface area contributed by atoms with Crippen LogP contribution < -0.4 is 0 Å². The summed E-state index contributed by atoms with van der Waals surface area (Å²) in [4.78, 5) is 57.9. The number of fused-ring (bicyclic) bond motifs is 2. The summed E-state index contributed by atoms with van der Waals surface area (Å²) in [7, 11) is 1.84. The predicted molar refractivity (Wildman–Crippen MR) is 165 cm³/mol. The largest absolute Gasteiger partial charge is 0.444 e. The quantitative estimate of drug-likeness (QED) is 0.385. The number of ether oxygens (including phenoxy) is 2. The molecule has 1 atom stereocenters. The topological polar surface area (TPSA) is 114 Å². The van der Waals surface area contributed by atoms with Crippen LogP contribution in [0.15, 0.2) is 54.9 Å². The van der Waals surface area contributed by atoms with Gasteiger partial charge in [-0.05, 0) is 68.9 Å². The highest BCUT2D eigenvalue weighted by Crippen LogP contribution is 2.46. The van der Waals surface area contributed by atoms with Gasteiger partial charge in [0.25, 0.3) is 5.91 Å². The lowest BCUT2D eigenvalue weighted by atomic mass is 9.93. The second-order valence-corrected chi connectivity index (χ2v) is 13.2. The Morgan fingerprint density at radius 2 is 1.80 bits per heavy atom. The lowest BCUT2D eigenvalue weighted by molar-refractivity contribution is -0.143. The highest BCUT2D eigenvalue weighted by Gasteiger charge is 2.58. The normalized spacial score (nSPS) is 19.8. The van der Waals surface area contributed by atoms with Gasteiger partial charge in [-0.1, -0.05) is 30.3 Å². The van der Waals surface area contributed by atoms with Crippen molar-refractivity contribution in [2.75, 3.05) is 19.6 Å². The lowest BCUT2D eigenvalue weighted by Gasteiger charge is -2.39. The monoisotopic (exact) mass is 631 g/mol. The molecule has 2 aliphatic heterocycles. The highest BCUT2D eigenvalue weighted by atomic mass is 19.1. The summed E-state index contributed by atoms with van der Waals surface area (Å²) >= 11 is 0. The third kappa shape index (κ3) is 6.08. The molecule has 1 unspecified atom stereocenters. The molecule has 4 amide bonds. The van der Waals surface area contributed by atoms with Crippen molar-refractivity contribution in [1.82, 2.24) is 24.5 Å². The molecular weight excluding hydrogens is 593 g/mol. The maximum absolute atomic E-state index is 14.0. The van der Waals surface area contributed by atoms with Crippen molar-refractivity contribution in [1.29, 1.82) is 0 Å². The van der Waals surface area contributed by atoms with Crippen LogP contribution in [0.1, 0.15) is 56.7 Å². The molecule has 3 heterocycles. The zero-order valence-corrected chi connectivity index (χ0v) is 26.5. The number of halogens is 1. The van der Waals surface area contributed by atoms with E-state index >= 15 is 0 Å². The number of carbonyl (C=O) groups is 4. The first-order chi connectivity index (χ1) is 21.8. The number of rotatable bonds is 6. The molecule has 1 aliphatic carbocycles. The number of hydrogen-bond donors (Lipinski definition) is 0. The van der Waals surface area contributed by atoms with Crippen molar-refractivity contribution in [3.05, 3.63) is 77.4 Å². The van der Waals surface area contributed by atoms with Crippen molar-refractivity contribution < 1.29 is 33.0 Å². The molecule has 2 saturated heterocycles. The van der Waals surface area contributed by atoms with E-state index in [0.717, 1.165) is 21.6 Å². The van der Waals surface area contributed by atoms with Crippen molar-refractivity contribution in [3.8, 4) is 11.1 Å². The van der Waals surface area contributed by atoms with Gasteiger partial charge in [-0.2, -0.15) is 5.10 Å². The van der Waals surface area contributed by atoms with Crippen LogP contribution in [-0.2, 0) is 44.7 Å². The molecule has 1 aromatic heterocycles. The molecule has 242 valence electrons. The Hall–Kier alpha value is -4.74. The molecule has 6 rings (SSSR count). The number of aryl methyl sites for hydroxylation is 2. The number of imide groups is 1. The Balaban J connectivity index is 1.19. The van der Waals surface area contributed by atoms with E-state index in [1.807, 2.05) is 31.4 Å². The van der Waals surface area contributed by atoms with Crippen molar-refractivity contribution in [3.63, 3.8) is 0 Å². The Kier molecular flexibility index (Phi) is 8.07. The van der Waals surface area contributed by atoms with E-state index in [0.29, 0.717) is 43.5 Å². The smallest absolute Gasteiger partial charge is 0.418 e.